The highest BCUT2D eigenvalue weighted by atomic mass is 32.1. The molecule has 20 heavy (non-hydrogen) atoms. The van der Waals surface area contributed by atoms with Gasteiger partial charge in [0, 0.05) is 19.1 Å². The summed E-state index contributed by atoms with van der Waals surface area (Å²) in [4.78, 5) is 15.2. The van der Waals surface area contributed by atoms with Crippen LogP contribution in [-0.2, 0) is 4.79 Å². The summed E-state index contributed by atoms with van der Waals surface area (Å²) in [5.74, 6) is 0.0119. The number of nitrogens with two attached hydrogens (primary N) is 1. The first-order chi connectivity index (χ1) is 9.47. The number of likely N-dealkylation sites (N-methyl/N-ethyl adjacent to an activating group) is 1. The second-order valence-corrected chi connectivity index (χ2v) is 6.35. The van der Waals surface area contributed by atoms with Gasteiger partial charge in [-0.2, -0.15) is 0 Å². The molecule has 1 rings (SSSR count). The number of rotatable bonds is 10. The van der Waals surface area contributed by atoms with E-state index in [1.54, 1.807) is 0 Å². The van der Waals surface area contributed by atoms with Crippen LogP contribution in [0.25, 0.3) is 0 Å². The molecule has 0 unspecified atom stereocenters. The van der Waals surface area contributed by atoms with Crippen molar-refractivity contribution in [3.63, 3.8) is 0 Å². The van der Waals surface area contributed by atoms with Gasteiger partial charge in [0.25, 0.3) is 0 Å². The van der Waals surface area contributed by atoms with E-state index in [4.69, 9.17) is 18.0 Å². The average Bonchev–Trinajstić information content (AvgIpc) is 3.21. The first kappa shape index (κ1) is 17.4. The number of hydrogen-bond donors (Lipinski definition) is 2. The zero-order valence-corrected chi connectivity index (χ0v) is 13.9. The highest BCUT2D eigenvalue weighted by Gasteiger charge is 2.39. The highest BCUT2D eigenvalue weighted by molar-refractivity contribution is 7.80. The number of carbonyl (C=O) groups excluding carboxylic acids is 1. The fourth-order valence-corrected chi connectivity index (χ4v) is 3.07. The van der Waals surface area contributed by atoms with E-state index in [9.17, 15) is 4.79 Å². The van der Waals surface area contributed by atoms with Gasteiger partial charge in [-0.3, -0.25) is 4.79 Å². The third kappa shape index (κ3) is 4.42. The van der Waals surface area contributed by atoms with Gasteiger partial charge >= 0.3 is 0 Å². The largest absolute Gasteiger partial charge is 0.392 e. The molecule has 0 aromatic heterocycles. The van der Waals surface area contributed by atoms with Gasteiger partial charge in [0.2, 0.25) is 5.91 Å². The molecule has 0 heterocycles. The Bertz CT molecular complexity index is 336. The lowest BCUT2D eigenvalue weighted by Crippen LogP contribution is -2.50. The first-order valence-corrected chi connectivity index (χ1v) is 8.17. The van der Waals surface area contributed by atoms with Crippen LogP contribution < -0.4 is 11.1 Å². The summed E-state index contributed by atoms with van der Waals surface area (Å²) in [7, 11) is 2.11. The van der Waals surface area contributed by atoms with Crippen molar-refractivity contribution in [1.82, 2.24) is 10.2 Å². The van der Waals surface area contributed by atoms with Crippen LogP contribution in [0.1, 0.15) is 52.4 Å². The Labute approximate surface area is 128 Å². The fourth-order valence-electron chi connectivity index (χ4n) is 2.78. The Morgan fingerprint density at radius 1 is 1.35 bits per heavy atom. The molecule has 0 aromatic rings. The van der Waals surface area contributed by atoms with Crippen LogP contribution in [0, 0.1) is 5.41 Å². The maximum Gasteiger partial charge on any atom is 0.233 e. The van der Waals surface area contributed by atoms with Crippen LogP contribution in [0.2, 0.25) is 0 Å². The molecule has 0 aliphatic heterocycles. The van der Waals surface area contributed by atoms with Crippen LogP contribution >= 0.6 is 12.2 Å². The summed E-state index contributed by atoms with van der Waals surface area (Å²) < 4.78 is 0. The molecule has 0 spiro atoms. The molecule has 1 fully saturated rings. The van der Waals surface area contributed by atoms with Gasteiger partial charge < -0.3 is 16.0 Å². The molecule has 0 aromatic carbocycles. The summed E-state index contributed by atoms with van der Waals surface area (Å²) in [5, 5.41) is 3.04. The molecule has 0 saturated heterocycles. The summed E-state index contributed by atoms with van der Waals surface area (Å²) in [6, 6.07) is 0.721. The second kappa shape index (κ2) is 7.93. The summed E-state index contributed by atoms with van der Waals surface area (Å²) in [6.07, 6.45) is 5.86. The molecule has 1 amide bonds. The molecule has 1 aliphatic carbocycles. The number of nitrogens with one attached hydrogen (secondary N) is 1. The Morgan fingerprint density at radius 3 is 2.30 bits per heavy atom. The third-order valence-corrected chi connectivity index (χ3v) is 4.57. The lowest BCUT2D eigenvalue weighted by atomic mass is 9.78. The molecule has 1 saturated carbocycles. The average molecular weight is 299 g/mol. The Hall–Kier alpha value is -0.680. The van der Waals surface area contributed by atoms with Crippen molar-refractivity contribution < 1.29 is 4.79 Å². The predicted octanol–water partition coefficient (Wildman–Crippen LogP) is 2.07. The smallest absolute Gasteiger partial charge is 0.233 e. The normalized spacial score (nSPS) is 15.4. The van der Waals surface area contributed by atoms with Crippen LogP contribution in [0.3, 0.4) is 0 Å². The third-order valence-electron chi connectivity index (χ3n) is 4.18. The molecular weight excluding hydrogens is 270 g/mol. The molecule has 0 atom stereocenters. The molecule has 5 heteroatoms. The van der Waals surface area contributed by atoms with E-state index < -0.39 is 5.41 Å². The van der Waals surface area contributed by atoms with Gasteiger partial charge in [-0.1, -0.05) is 38.9 Å². The number of amides is 1. The zero-order chi connectivity index (χ0) is 15.2. The standard InChI is InChI=1S/C15H29N3OS/c1-4-8-15(9-5-2,13(16)20)14(19)17-10-11-18(3)12-6-7-12/h12H,4-11H2,1-3H3,(H2,16,20)(H,17,19). The minimum Gasteiger partial charge on any atom is -0.392 e. The molecule has 0 radical (unpaired) electrons. The van der Waals surface area contributed by atoms with Crippen molar-refractivity contribution in [3.05, 3.63) is 0 Å². The number of thiocarbonyl (C=S) groups is 1. The topological polar surface area (TPSA) is 58.4 Å². The fraction of sp³-hybridized carbons (Fsp3) is 0.867. The van der Waals surface area contributed by atoms with E-state index in [2.05, 4.69) is 31.1 Å². The summed E-state index contributed by atoms with van der Waals surface area (Å²) in [6.45, 7) is 5.69. The predicted molar refractivity (Wildman–Crippen MR) is 87.7 cm³/mol. The van der Waals surface area contributed by atoms with Crippen LogP contribution in [0.15, 0.2) is 0 Å². The summed E-state index contributed by atoms with van der Waals surface area (Å²) >= 11 is 5.20. The minimum atomic E-state index is -0.656. The van der Waals surface area contributed by atoms with Crippen molar-refractivity contribution in [2.24, 2.45) is 11.1 Å². The van der Waals surface area contributed by atoms with Gasteiger partial charge in [0.05, 0.1) is 10.4 Å². The number of hydrogen-bond acceptors (Lipinski definition) is 3. The first-order valence-electron chi connectivity index (χ1n) is 7.76. The quantitative estimate of drug-likeness (QED) is 0.606. The second-order valence-electron chi connectivity index (χ2n) is 5.91. The monoisotopic (exact) mass is 299 g/mol. The Balaban J connectivity index is 2.54. The number of carbonyl (C=O) groups is 1. The van der Waals surface area contributed by atoms with E-state index in [0.29, 0.717) is 11.5 Å². The van der Waals surface area contributed by atoms with Crippen molar-refractivity contribution in [2.45, 2.75) is 58.4 Å². The Kier molecular flexibility index (Phi) is 6.89. The van der Waals surface area contributed by atoms with Crippen molar-refractivity contribution in [2.75, 3.05) is 20.1 Å². The highest BCUT2D eigenvalue weighted by Crippen LogP contribution is 2.31. The van der Waals surface area contributed by atoms with E-state index in [1.165, 1.54) is 12.8 Å². The van der Waals surface area contributed by atoms with Crippen LogP contribution in [0.4, 0.5) is 0 Å². The van der Waals surface area contributed by atoms with Gasteiger partial charge in [-0.05, 0) is 32.7 Å². The van der Waals surface area contributed by atoms with Gasteiger partial charge in [0.1, 0.15) is 0 Å². The van der Waals surface area contributed by atoms with Crippen LogP contribution in [-0.4, -0.2) is 42.0 Å². The van der Waals surface area contributed by atoms with Gasteiger partial charge in [-0.25, -0.2) is 0 Å². The molecular formula is C15H29N3OS. The molecule has 0 bridgehead atoms. The molecule has 3 N–H and O–H groups in total. The van der Waals surface area contributed by atoms with E-state index >= 15 is 0 Å². The molecule has 1 aliphatic rings. The van der Waals surface area contributed by atoms with Crippen molar-refractivity contribution in [1.29, 1.82) is 0 Å². The van der Waals surface area contributed by atoms with E-state index in [-0.39, 0.29) is 5.91 Å². The molecule has 4 nitrogen and oxygen atoms in total. The lowest BCUT2D eigenvalue weighted by Gasteiger charge is -2.31. The zero-order valence-electron chi connectivity index (χ0n) is 13.1. The van der Waals surface area contributed by atoms with Crippen LogP contribution in [0.5, 0.6) is 0 Å². The van der Waals surface area contributed by atoms with E-state index in [0.717, 1.165) is 38.3 Å². The van der Waals surface area contributed by atoms with Gasteiger partial charge in [0.15, 0.2) is 0 Å². The lowest BCUT2D eigenvalue weighted by molar-refractivity contribution is -0.128. The Morgan fingerprint density at radius 2 is 1.90 bits per heavy atom. The maximum atomic E-state index is 12.6. The summed E-state index contributed by atoms with van der Waals surface area (Å²) in [5.41, 5.74) is 5.24. The maximum absolute atomic E-state index is 12.6. The van der Waals surface area contributed by atoms with E-state index in [1.807, 2.05) is 0 Å². The SMILES string of the molecule is CCCC(CCC)(C(=O)NCCN(C)C1CC1)C(N)=S. The van der Waals surface area contributed by atoms with Crippen molar-refractivity contribution in [3.8, 4) is 0 Å². The number of nitrogens with zero attached hydrogens (tertiary/aromatic N) is 1. The van der Waals surface area contributed by atoms with Gasteiger partial charge in [-0.15, -0.1) is 0 Å². The molecule has 116 valence electrons. The minimum absolute atomic E-state index is 0.0119. The van der Waals surface area contributed by atoms with Crippen molar-refractivity contribution >= 4 is 23.1 Å².